The Bertz CT molecular complexity index is 1140. The fraction of sp³-hybridized carbons (Fsp3) is 0.462. The fourth-order valence-corrected chi connectivity index (χ4v) is 5.30. The van der Waals surface area contributed by atoms with Crippen LogP contribution in [0.3, 0.4) is 0 Å². The third kappa shape index (κ3) is 5.39. The van der Waals surface area contributed by atoms with Crippen LogP contribution in [0.25, 0.3) is 11.3 Å². The highest BCUT2D eigenvalue weighted by Crippen LogP contribution is 2.40. The van der Waals surface area contributed by atoms with E-state index in [0.29, 0.717) is 18.5 Å². The van der Waals surface area contributed by atoms with E-state index in [4.69, 9.17) is 0 Å². The van der Waals surface area contributed by atoms with Crippen LogP contribution < -0.4 is 5.32 Å². The third-order valence-electron chi connectivity index (χ3n) is 7.01. The molecule has 1 aromatic carbocycles. The number of rotatable bonds is 8. The highest BCUT2D eigenvalue weighted by Gasteiger charge is 2.41. The first kappa shape index (κ1) is 24.7. The SMILES string of the molecule is C[C@@H]1Cc2cc(-c3cc[nH]n3)ccc2[C@@H](c2ccc(NC3CN(CCCF)C3)cn2)N1CC(F)(F)F. The number of aromatic nitrogens is 3. The minimum Gasteiger partial charge on any atom is -0.378 e. The number of anilines is 1. The Balaban J connectivity index is 1.39. The maximum atomic E-state index is 13.6. The molecule has 3 aromatic rings. The maximum absolute atomic E-state index is 13.6. The molecule has 2 N–H and O–H groups in total. The molecular weight excluding hydrogens is 472 g/mol. The number of aromatic amines is 1. The van der Waals surface area contributed by atoms with Gasteiger partial charge in [-0.25, -0.2) is 0 Å². The van der Waals surface area contributed by atoms with Crippen molar-refractivity contribution < 1.29 is 17.6 Å². The van der Waals surface area contributed by atoms with E-state index in [9.17, 15) is 17.6 Å². The molecule has 5 rings (SSSR count). The lowest BCUT2D eigenvalue weighted by molar-refractivity contribution is -0.155. The molecule has 0 unspecified atom stereocenters. The Labute approximate surface area is 207 Å². The number of halogens is 4. The summed E-state index contributed by atoms with van der Waals surface area (Å²) in [5, 5.41) is 10.5. The minimum atomic E-state index is -4.32. The Hall–Kier alpha value is -2.98. The summed E-state index contributed by atoms with van der Waals surface area (Å²) < 4.78 is 53.1. The molecule has 2 aromatic heterocycles. The van der Waals surface area contributed by atoms with Crippen LogP contribution in [-0.4, -0.2) is 76.1 Å². The van der Waals surface area contributed by atoms with Gasteiger partial charge >= 0.3 is 6.18 Å². The molecule has 6 nitrogen and oxygen atoms in total. The number of hydrogen-bond donors (Lipinski definition) is 2. The summed E-state index contributed by atoms with van der Waals surface area (Å²) >= 11 is 0. The van der Waals surface area contributed by atoms with Gasteiger partial charge in [0.1, 0.15) is 0 Å². The second kappa shape index (κ2) is 10.2. The van der Waals surface area contributed by atoms with E-state index in [1.54, 1.807) is 12.4 Å². The Morgan fingerprint density at radius 3 is 2.64 bits per heavy atom. The lowest BCUT2D eigenvalue weighted by Gasteiger charge is -2.42. The molecule has 2 aliphatic heterocycles. The average molecular weight is 503 g/mol. The van der Waals surface area contributed by atoms with Crippen LogP contribution >= 0.6 is 0 Å². The molecular formula is C26H30F4N6. The number of nitrogens with zero attached hydrogens (tertiary/aromatic N) is 4. The highest BCUT2D eigenvalue weighted by atomic mass is 19.4. The molecule has 0 saturated carbocycles. The molecule has 10 heteroatoms. The van der Waals surface area contributed by atoms with Gasteiger partial charge in [0.15, 0.2) is 0 Å². The summed E-state index contributed by atoms with van der Waals surface area (Å²) in [6.45, 7) is 2.96. The molecule has 2 aliphatic rings. The van der Waals surface area contributed by atoms with Crippen LogP contribution in [0.15, 0.2) is 48.8 Å². The van der Waals surface area contributed by atoms with E-state index < -0.39 is 18.8 Å². The molecule has 0 spiro atoms. The largest absolute Gasteiger partial charge is 0.401 e. The Morgan fingerprint density at radius 1 is 1.14 bits per heavy atom. The fourth-order valence-electron chi connectivity index (χ4n) is 5.30. The van der Waals surface area contributed by atoms with Crippen molar-refractivity contribution in [2.45, 2.75) is 44.1 Å². The van der Waals surface area contributed by atoms with Crippen LogP contribution in [-0.2, 0) is 6.42 Å². The molecule has 1 fully saturated rings. The second-order valence-corrected chi connectivity index (χ2v) is 9.73. The molecule has 0 aliphatic carbocycles. The third-order valence-corrected chi connectivity index (χ3v) is 7.01. The minimum absolute atomic E-state index is 0.259. The van der Waals surface area contributed by atoms with E-state index >= 15 is 0 Å². The van der Waals surface area contributed by atoms with Gasteiger partial charge < -0.3 is 5.32 Å². The first-order valence-corrected chi connectivity index (χ1v) is 12.3. The topological polar surface area (TPSA) is 60.1 Å². The van der Waals surface area contributed by atoms with Crippen LogP contribution in [0.5, 0.6) is 0 Å². The monoisotopic (exact) mass is 502 g/mol. The van der Waals surface area contributed by atoms with Gasteiger partial charge in [-0.15, -0.1) is 0 Å². The lowest BCUT2D eigenvalue weighted by atomic mass is 9.85. The van der Waals surface area contributed by atoms with Gasteiger partial charge in [0.2, 0.25) is 0 Å². The predicted molar refractivity (Wildman–Crippen MR) is 130 cm³/mol. The van der Waals surface area contributed by atoms with E-state index in [1.165, 1.54) is 4.90 Å². The van der Waals surface area contributed by atoms with E-state index in [-0.39, 0.29) is 18.8 Å². The number of benzene rings is 1. The smallest absolute Gasteiger partial charge is 0.378 e. The van der Waals surface area contributed by atoms with E-state index in [0.717, 1.165) is 47.7 Å². The van der Waals surface area contributed by atoms with Crippen molar-refractivity contribution in [1.82, 2.24) is 25.0 Å². The van der Waals surface area contributed by atoms with Crippen molar-refractivity contribution >= 4 is 5.69 Å². The zero-order valence-electron chi connectivity index (χ0n) is 20.1. The molecule has 0 radical (unpaired) electrons. The first-order chi connectivity index (χ1) is 17.3. The summed E-state index contributed by atoms with van der Waals surface area (Å²) in [6.07, 6.45) is 0.180. The zero-order chi connectivity index (χ0) is 25.3. The standard InChI is InChI=1S/C26H30F4N6/c1-17-11-19-12-18(23-7-9-32-34-23)3-5-22(19)25(36(17)16-26(28,29)30)24-6-4-20(13-31-24)33-21-14-35(15-21)10-2-8-27/h3-7,9,12-13,17,21,25,33H,2,8,10-11,14-16H2,1H3,(H,32,34)/t17-,25+/m1/s1. The number of fused-ring (bicyclic) bond motifs is 1. The number of alkyl halides is 4. The van der Waals surface area contributed by atoms with Crippen molar-refractivity contribution in [1.29, 1.82) is 0 Å². The molecule has 1 saturated heterocycles. The van der Waals surface area contributed by atoms with Crippen LogP contribution in [0.1, 0.15) is 36.2 Å². The van der Waals surface area contributed by atoms with E-state index in [2.05, 4.69) is 25.4 Å². The summed E-state index contributed by atoms with van der Waals surface area (Å²) in [5.41, 5.74) is 4.99. The zero-order valence-corrected chi connectivity index (χ0v) is 20.1. The second-order valence-electron chi connectivity index (χ2n) is 9.73. The number of nitrogens with one attached hydrogen (secondary N) is 2. The van der Waals surface area contributed by atoms with Gasteiger partial charge in [0, 0.05) is 37.4 Å². The van der Waals surface area contributed by atoms with Crippen molar-refractivity contribution in [3.8, 4) is 11.3 Å². The van der Waals surface area contributed by atoms with Crippen molar-refractivity contribution in [2.24, 2.45) is 0 Å². The molecule has 4 heterocycles. The summed E-state index contributed by atoms with van der Waals surface area (Å²) in [5.74, 6) is 0. The van der Waals surface area contributed by atoms with Gasteiger partial charge in [-0.05, 0) is 55.2 Å². The summed E-state index contributed by atoms with van der Waals surface area (Å²) in [7, 11) is 0. The predicted octanol–water partition coefficient (Wildman–Crippen LogP) is 4.83. The van der Waals surface area contributed by atoms with Gasteiger partial charge in [0.05, 0.1) is 48.6 Å². The Morgan fingerprint density at radius 2 is 1.97 bits per heavy atom. The quantitative estimate of drug-likeness (QED) is 0.433. The number of hydrogen-bond acceptors (Lipinski definition) is 5. The maximum Gasteiger partial charge on any atom is 0.401 e. The van der Waals surface area contributed by atoms with Crippen LogP contribution in [0, 0.1) is 0 Å². The molecule has 192 valence electrons. The number of likely N-dealkylation sites (tertiary alicyclic amines) is 1. The van der Waals surface area contributed by atoms with Gasteiger partial charge in [-0.3, -0.25) is 24.3 Å². The van der Waals surface area contributed by atoms with Crippen molar-refractivity contribution in [3.05, 3.63) is 65.6 Å². The molecule has 0 amide bonds. The summed E-state index contributed by atoms with van der Waals surface area (Å²) in [4.78, 5) is 8.30. The molecule has 0 bridgehead atoms. The normalized spacial score (nSPS) is 21.2. The number of H-pyrrole nitrogens is 1. The molecule has 2 atom stereocenters. The summed E-state index contributed by atoms with van der Waals surface area (Å²) in [6, 6.07) is 10.8. The first-order valence-electron chi connectivity index (χ1n) is 12.3. The highest BCUT2D eigenvalue weighted by molar-refractivity contribution is 5.61. The lowest BCUT2D eigenvalue weighted by Crippen LogP contribution is -2.54. The number of pyridine rings is 1. The van der Waals surface area contributed by atoms with Crippen LogP contribution in [0.4, 0.5) is 23.2 Å². The van der Waals surface area contributed by atoms with Gasteiger partial charge in [0.25, 0.3) is 0 Å². The average Bonchev–Trinajstić information content (AvgIpc) is 3.35. The molecule has 36 heavy (non-hydrogen) atoms. The Kier molecular flexibility index (Phi) is 6.98. The van der Waals surface area contributed by atoms with E-state index in [1.807, 2.05) is 43.3 Å². The van der Waals surface area contributed by atoms with Crippen molar-refractivity contribution in [3.63, 3.8) is 0 Å². The van der Waals surface area contributed by atoms with Crippen LogP contribution in [0.2, 0.25) is 0 Å². The van der Waals surface area contributed by atoms with Gasteiger partial charge in [-0.1, -0.05) is 12.1 Å². The van der Waals surface area contributed by atoms with Crippen molar-refractivity contribution in [2.75, 3.05) is 38.2 Å². The van der Waals surface area contributed by atoms with Gasteiger partial charge in [-0.2, -0.15) is 18.3 Å².